The largest absolute Gasteiger partial charge is 0.465 e. The second-order valence-electron chi connectivity index (χ2n) is 6.49. The molecule has 0 aliphatic heterocycles. The molecule has 11 heteroatoms. The maximum absolute atomic E-state index is 12.6. The molecule has 0 saturated heterocycles. The standard InChI is InChI=1S/C20H20Cl2N4O3S2/c1-5-26-17(13-7-6-12(21)8-14(13)22)24-25-20(26)30-9-15(27)23-18-16(19(28)29-4)10(2)11(3)31-18/h6-8H,5,9H2,1-4H3,(H,23,27). The Morgan fingerprint density at radius 1 is 1.26 bits per heavy atom. The van der Waals surface area contributed by atoms with Crippen molar-refractivity contribution in [3.05, 3.63) is 44.2 Å². The molecule has 0 aliphatic carbocycles. The smallest absolute Gasteiger partial charge is 0.341 e. The Labute approximate surface area is 198 Å². The summed E-state index contributed by atoms with van der Waals surface area (Å²) in [5, 5.41) is 13.4. The van der Waals surface area contributed by atoms with Gasteiger partial charge in [-0.1, -0.05) is 35.0 Å². The number of ether oxygens (including phenoxy) is 1. The number of thioether (sulfide) groups is 1. The topological polar surface area (TPSA) is 86.1 Å². The van der Waals surface area contributed by atoms with Gasteiger partial charge in [0.05, 0.1) is 23.4 Å². The van der Waals surface area contributed by atoms with E-state index in [9.17, 15) is 9.59 Å². The van der Waals surface area contributed by atoms with Crippen LogP contribution in [-0.4, -0.2) is 39.5 Å². The number of amides is 1. The van der Waals surface area contributed by atoms with Crippen LogP contribution in [0.15, 0.2) is 23.4 Å². The summed E-state index contributed by atoms with van der Waals surface area (Å²) >= 11 is 14.9. The monoisotopic (exact) mass is 498 g/mol. The molecule has 1 amide bonds. The van der Waals surface area contributed by atoms with Gasteiger partial charge in [-0.2, -0.15) is 0 Å². The van der Waals surface area contributed by atoms with E-state index in [1.54, 1.807) is 18.2 Å². The van der Waals surface area contributed by atoms with Crippen LogP contribution in [0.5, 0.6) is 0 Å². The van der Waals surface area contributed by atoms with Crippen LogP contribution in [0.1, 0.15) is 27.7 Å². The number of anilines is 1. The Kier molecular flexibility index (Phi) is 7.64. The number of nitrogens with one attached hydrogen (secondary N) is 1. The molecule has 0 unspecified atom stereocenters. The fourth-order valence-corrected chi connectivity index (χ4v) is 5.27. The lowest BCUT2D eigenvalue weighted by Crippen LogP contribution is -2.16. The summed E-state index contributed by atoms with van der Waals surface area (Å²) in [6, 6.07) is 5.18. The molecule has 0 spiro atoms. The first-order valence-corrected chi connectivity index (χ1v) is 11.8. The molecule has 3 rings (SSSR count). The second-order valence-corrected chi connectivity index (χ2v) is 9.50. The van der Waals surface area contributed by atoms with Crippen LogP contribution in [0.2, 0.25) is 10.0 Å². The summed E-state index contributed by atoms with van der Waals surface area (Å²) in [6.45, 7) is 6.28. The van der Waals surface area contributed by atoms with Gasteiger partial charge in [0, 0.05) is 22.0 Å². The molecule has 164 valence electrons. The minimum Gasteiger partial charge on any atom is -0.465 e. The van der Waals surface area contributed by atoms with Crippen LogP contribution in [-0.2, 0) is 16.1 Å². The van der Waals surface area contributed by atoms with Crippen molar-refractivity contribution in [1.29, 1.82) is 0 Å². The maximum Gasteiger partial charge on any atom is 0.341 e. The van der Waals surface area contributed by atoms with Crippen molar-refractivity contribution in [2.45, 2.75) is 32.5 Å². The van der Waals surface area contributed by atoms with E-state index in [0.29, 0.717) is 43.7 Å². The first kappa shape index (κ1) is 23.6. The van der Waals surface area contributed by atoms with Crippen LogP contribution in [0.3, 0.4) is 0 Å². The number of carbonyl (C=O) groups is 2. The van der Waals surface area contributed by atoms with Crippen molar-refractivity contribution in [3.63, 3.8) is 0 Å². The fourth-order valence-electron chi connectivity index (χ4n) is 2.91. The molecule has 0 atom stereocenters. The summed E-state index contributed by atoms with van der Waals surface area (Å²) in [7, 11) is 1.32. The Bertz CT molecular complexity index is 1140. The fraction of sp³-hybridized carbons (Fsp3) is 0.300. The Hall–Kier alpha value is -2.07. The van der Waals surface area contributed by atoms with E-state index in [4.69, 9.17) is 27.9 Å². The quantitative estimate of drug-likeness (QED) is 0.343. The van der Waals surface area contributed by atoms with E-state index in [2.05, 4.69) is 15.5 Å². The molecular formula is C20H20Cl2N4O3S2. The zero-order valence-electron chi connectivity index (χ0n) is 17.3. The zero-order valence-corrected chi connectivity index (χ0v) is 20.4. The van der Waals surface area contributed by atoms with Crippen LogP contribution >= 0.6 is 46.3 Å². The lowest BCUT2D eigenvalue weighted by atomic mass is 10.1. The van der Waals surface area contributed by atoms with Gasteiger partial charge in [-0.3, -0.25) is 4.79 Å². The van der Waals surface area contributed by atoms with E-state index >= 15 is 0 Å². The van der Waals surface area contributed by atoms with Crippen molar-refractivity contribution in [2.75, 3.05) is 18.2 Å². The molecule has 1 N–H and O–H groups in total. The number of benzene rings is 1. The number of esters is 1. The predicted octanol–water partition coefficient (Wildman–Crippen LogP) is 5.47. The highest BCUT2D eigenvalue weighted by atomic mass is 35.5. The van der Waals surface area contributed by atoms with Crippen molar-refractivity contribution < 1.29 is 14.3 Å². The molecule has 0 radical (unpaired) electrons. The molecule has 0 saturated carbocycles. The molecule has 7 nitrogen and oxygen atoms in total. The van der Waals surface area contributed by atoms with E-state index < -0.39 is 5.97 Å². The van der Waals surface area contributed by atoms with Gasteiger partial charge in [0.1, 0.15) is 5.00 Å². The van der Waals surface area contributed by atoms with Gasteiger partial charge in [-0.05, 0) is 44.5 Å². The number of aryl methyl sites for hydroxylation is 1. The number of carbonyl (C=O) groups excluding carboxylic acids is 2. The van der Waals surface area contributed by atoms with Crippen LogP contribution < -0.4 is 5.32 Å². The molecule has 3 aromatic rings. The molecule has 0 aliphatic rings. The first-order chi connectivity index (χ1) is 14.8. The summed E-state index contributed by atoms with van der Waals surface area (Å²) in [5.74, 6) is -0.0268. The molecule has 0 bridgehead atoms. The number of thiophene rings is 1. The number of nitrogens with zero attached hydrogens (tertiary/aromatic N) is 3. The van der Waals surface area contributed by atoms with Gasteiger partial charge in [0.25, 0.3) is 0 Å². The molecule has 2 aromatic heterocycles. The highest BCUT2D eigenvalue weighted by molar-refractivity contribution is 7.99. The SMILES string of the molecule is CCn1c(SCC(=O)Nc2sc(C)c(C)c2C(=O)OC)nnc1-c1ccc(Cl)cc1Cl. The van der Waals surface area contributed by atoms with Gasteiger partial charge >= 0.3 is 5.97 Å². The van der Waals surface area contributed by atoms with Gasteiger partial charge in [0.2, 0.25) is 5.91 Å². The van der Waals surface area contributed by atoms with Gasteiger partial charge in [-0.15, -0.1) is 21.5 Å². The highest BCUT2D eigenvalue weighted by Gasteiger charge is 2.22. The van der Waals surface area contributed by atoms with Crippen molar-refractivity contribution >= 4 is 63.2 Å². The van der Waals surface area contributed by atoms with Crippen LogP contribution in [0, 0.1) is 13.8 Å². The molecule has 2 heterocycles. The van der Waals surface area contributed by atoms with Crippen LogP contribution in [0.4, 0.5) is 5.00 Å². The van der Waals surface area contributed by atoms with E-state index in [1.165, 1.54) is 30.2 Å². The summed E-state index contributed by atoms with van der Waals surface area (Å²) in [5.41, 5.74) is 1.90. The number of hydrogen-bond acceptors (Lipinski definition) is 7. The van der Waals surface area contributed by atoms with Crippen molar-refractivity contribution in [2.24, 2.45) is 0 Å². The number of rotatable bonds is 7. The third-order valence-corrected chi connectivity index (χ3v) is 7.20. The average molecular weight is 499 g/mol. The lowest BCUT2D eigenvalue weighted by molar-refractivity contribution is -0.113. The van der Waals surface area contributed by atoms with Crippen molar-refractivity contribution in [3.8, 4) is 11.4 Å². The summed E-state index contributed by atoms with van der Waals surface area (Å²) in [6.07, 6.45) is 0. The highest BCUT2D eigenvalue weighted by Crippen LogP contribution is 2.34. The third-order valence-electron chi connectivity index (χ3n) is 4.57. The average Bonchev–Trinajstić information content (AvgIpc) is 3.26. The molecule has 0 fully saturated rings. The maximum atomic E-state index is 12.6. The van der Waals surface area contributed by atoms with Crippen LogP contribution in [0.25, 0.3) is 11.4 Å². The second kappa shape index (κ2) is 10.0. The Morgan fingerprint density at radius 2 is 2.00 bits per heavy atom. The minimum atomic E-state index is -0.472. The lowest BCUT2D eigenvalue weighted by Gasteiger charge is -2.09. The molecular weight excluding hydrogens is 479 g/mol. The molecule has 1 aromatic carbocycles. The first-order valence-electron chi connectivity index (χ1n) is 9.26. The molecule has 31 heavy (non-hydrogen) atoms. The third kappa shape index (κ3) is 5.06. The Morgan fingerprint density at radius 3 is 2.65 bits per heavy atom. The summed E-state index contributed by atoms with van der Waals surface area (Å²) < 4.78 is 6.73. The van der Waals surface area contributed by atoms with Crippen molar-refractivity contribution in [1.82, 2.24) is 14.8 Å². The van der Waals surface area contributed by atoms with Gasteiger partial charge < -0.3 is 14.6 Å². The number of aromatic nitrogens is 3. The number of hydrogen-bond donors (Lipinski definition) is 1. The van der Waals surface area contributed by atoms with E-state index in [1.807, 2.05) is 25.3 Å². The minimum absolute atomic E-state index is 0.100. The van der Waals surface area contributed by atoms with E-state index in [-0.39, 0.29) is 11.7 Å². The number of halogens is 2. The number of methoxy groups -OCH3 is 1. The predicted molar refractivity (Wildman–Crippen MR) is 126 cm³/mol. The van der Waals surface area contributed by atoms with Gasteiger partial charge in [0.15, 0.2) is 11.0 Å². The zero-order chi connectivity index (χ0) is 22.7. The van der Waals surface area contributed by atoms with E-state index in [0.717, 1.165) is 10.4 Å². The Balaban J connectivity index is 1.75. The normalized spacial score (nSPS) is 10.9. The summed E-state index contributed by atoms with van der Waals surface area (Å²) in [4.78, 5) is 25.6. The van der Waals surface area contributed by atoms with Gasteiger partial charge in [-0.25, -0.2) is 4.79 Å².